The lowest BCUT2D eigenvalue weighted by atomic mass is 9.78. The van der Waals surface area contributed by atoms with Crippen LogP contribution in [0.1, 0.15) is 55.7 Å². The van der Waals surface area contributed by atoms with Gasteiger partial charge in [-0.25, -0.2) is 0 Å². The number of hydrogen-bond donors (Lipinski definition) is 1. The van der Waals surface area contributed by atoms with Gasteiger partial charge in [-0.3, -0.25) is 0 Å². The molecule has 1 aromatic carbocycles. The van der Waals surface area contributed by atoms with E-state index in [1.807, 2.05) is 6.07 Å². The Balaban J connectivity index is 1.84. The Kier molecular flexibility index (Phi) is 4.58. The van der Waals surface area contributed by atoms with Gasteiger partial charge >= 0.3 is 0 Å². The summed E-state index contributed by atoms with van der Waals surface area (Å²) >= 11 is 6.32. The molecule has 2 fully saturated rings. The normalized spacial score (nSPS) is 26.1. The van der Waals surface area contributed by atoms with Crippen molar-refractivity contribution in [3.63, 3.8) is 0 Å². The largest absolute Gasteiger partial charge is 0.375 e. The molecule has 1 aromatic rings. The molecule has 1 aliphatic carbocycles. The standard InChI is InChI=1S/C18H26ClNO/c1-13-15(6-5-7-16(13)19)17(20-2)14-8-11-21-18(12-14)9-3-4-10-18/h5-7,14,17,20H,3-4,8-12H2,1-2H3. The van der Waals surface area contributed by atoms with Crippen LogP contribution in [0.4, 0.5) is 0 Å². The molecule has 1 N–H and O–H groups in total. The first kappa shape index (κ1) is 15.3. The summed E-state index contributed by atoms with van der Waals surface area (Å²) in [5, 5.41) is 4.42. The predicted molar refractivity (Wildman–Crippen MR) is 87.9 cm³/mol. The third-order valence-corrected chi connectivity index (χ3v) is 5.88. The van der Waals surface area contributed by atoms with Gasteiger partial charge in [-0.2, -0.15) is 0 Å². The fourth-order valence-electron chi connectivity index (χ4n) is 4.32. The van der Waals surface area contributed by atoms with E-state index in [0.717, 1.165) is 18.1 Å². The molecule has 21 heavy (non-hydrogen) atoms. The maximum absolute atomic E-state index is 6.32. The van der Waals surface area contributed by atoms with E-state index < -0.39 is 0 Å². The highest BCUT2D eigenvalue weighted by molar-refractivity contribution is 6.31. The molecule has 1 heterocycles. The Morgan fingerprint density at radius 2 is 2.10 bits per heavy atom. The molecule has 3 heteroatoms. The summed E-state index contributed by atoms with van der Waals surface area (Å²) in [7, 11) is 2.07. The minimum Gasteiger partial charge on any atom is -0.375 e. The molecule has 1 spiro atoms. The monoisotopic (exact) mass is 307 g/mol. The SMILES string of the molecule is CNC(c1cccc(Cl)c1C)C1CCOC2(CCCC2)C1. The van der Waals surface area contributed by atoms with E-state index in [1.165, 1.54) is 43.2 Å². The number of halogens is 1. The highest BCUT2D eigenvalue weighted by atomic mass is 35.5. The quantitative estimate of drug-likeness (QED) is 0.877. The first-order valence-electron chi connectivity index (χ1n) is 8.21. The van der Waals surface area contributed by atoms with Gasteiger partial charge in [0.2, 0.25) is 0 Å². The Labute approximate surface area is 133 Å². The van der Waals surface area contributed by atoms with E-state index in [0.29, 0.717) is 12.0 Å². The summed E-state index contributed by atoms with van der Waals surface area (Å²) in [6, 6.07) is 6.65. The van der Waals surface area contributed by atoms with Crippen molar-refractivity contribution in [2.24, 2.45) is 5.92 Å². The van der Waals surface area contributed by atoms with Crippen molar-refractivity contribution in [2.45, 2.75) is 57.1 Å². The zero-order chi connectivity index (χ0) is 14.9. The number of rotatable bonds is 3. The van der Waals surface area contributed by atoms with Gasteiger partial charge in [-0.05, 0) is 62.8 Å². The Hall–Kier alpha value is -0.570. The van der Waals surface area contributed by atoms with Gasteiger partial charge in [0, 0.05) is 17.7 Å². The average molecular weight is 308 g/mol. The molecular formula is C18H26ClNO. The fraction of sp³-hybridized carbons (Fsp3) is 0.667. The van der Waals surface area contributed by atoms with E-state index in [-0.39, 0.29) is 5.60 Å². The summed E-state index contributed by atoms with van der Waals surface area (Å²) in [5.41, 5.74) is 2.74. The minimum absolute atomic E-state index is 0.171. The second-order valence-corrected chi connectivity index (χ2v) is 7.12. The van der Waals surface area contributed by atoms with Gasteiger partial charge in [0.15, 0.2) is 0 Å². The first-order chi connectivity index (χ1) is 10.2. The highest BCUT2D eigenvalue weighted by Crippen LogP contribution is 2.45. The maximum atomic E-state index is 6.32. The van der Waals surface area contributed by atoms with Gasteiger partial charge < -0.3 is 10.1 Å². The predicted octanol–water partition coefficient (Wildman–Crippen LogP) is 4.65. The second kappa shape index (κ2) is 6.28. The Morgan fingerprint density at radius 3 is 2.81 bits per heavy atom. The van der Waals surface area contributed by atoms with Crippen molar-refractivity contribution >= 4 is 11.6 Å². The summed E-state index contributed by atoms with van der Waals surface area (Å²) in [6.45, 7) is 3.04. The Morgan fingerprint density at radius 1 is 1.33 bits per heavy atom. The number of hydrogen-bond acceptors (Lipinski definition) is 2. The Bertz CT molecular complexity index is 496. The van der Waals surface area contributed by atoms with Gasteiger partial charge in [0.05, 0.1) is 5.60 Å². The maximum Gasteiger partial charge on any atom is 0.0686 e. The van der Waals surface area contributed by atoms with Crippen molar-refractivity contribution in [1.29, 1.82) is 0 Å². The van der Waals surface area contributed by atoms with Crippen molar-refractivity contribution in [3.05, 3.63) is 34.3 Å². The molecule has 3 rings (SSSR count). The van der Waals surface area contributed by atoms with Crippen LogP contribution in [0.15, 0.2) is 18.2 Å². The van der Waals surface area contributed by atoms with Crippen LogP contribution in [0.5, 0.6) is 0 Å². The zero-order valence-electron chi connectivity index (χ0n) is 13.1. The molecule has 0 aromatic heterocycles. The van der Waals surface area contributed by atoms with Gasteiger partial charge in [-0.15, -0.1) is 0 Å². The molecule has 116 valence electrons. The zero-order valence-corrected chi connectivity index (χ0v) is 13.9. The van der Waals surface area contributed by atoms with E-state index >= 15 is 0 Å². The van der Waals surface area contributed by atoms with Crippen molar-refractivity contribution in [1.82, 2.24) is 5.32 Å². The molecule has 0 amide bonds. The summed E-state index contributed by atoms with van der Waals surface area (Å²) in [5.74, 6) is 0.638. The average Bonchev–Trinajstić information content (AvgIpc) is 2.92. The fourth-order valence-corrected chi connectivity index (χ4v) is 4.51. The van der Waals surface area contributed by atoms with Crippen LogP contribution in [-0.2, 0) is 4.74 Å². The molecule has 2 aliphatic rings. The van der Waals surface area contributed by atoms with E-state index in [4.69, 9.17) is 16.3 Å². The molecule has 1 saturated heterocycles. The molecule has 2 atom stereocenters. The van der Waals surface area contributed by atoms with E-state index in [1.54, 1.807) is 0 Å². The van der Waals surface area contributed by atoms with Gasteiger partial charge in [0.1, 0.15) is 0 Å². The molecule has 2 unspecified atom stereocenters. The van der Waals surface area contributed by atoms with Crippen LogP contribution < -0.4 is 5.32 Å². The van der Waals surface area contributed by atoms with E-state index in [9.17, 15) is 0 Å². The van der Waals surface area contributed by atoms with Crippen molar-refractivity contribution < 1.29 is 4.74 Å². The molecule has 0 radical (unpaired) electrons. The van der Waals surface area contributed by atoms with Crippen molar-refractivity contribution in [3.8, 4) is 0 Å². The van der Waals surface area contributed by atoms with E-state index in [2.05, 4.69) is 31.4 Å². The third kappa shape index (κ3) is 2.99. The van der Waals surface area contributed by atoms with Crippen LogP contribution >= 0.6 is 11.6 Å². The number of ether oxygens (including phenoxy) is 1. The molecular weight excluding hydrogens is 282 g/mol. The highest BCUT2D eigenvalue weighted by Gasteiger charge is 2.42. The summed E-state index contributed by atoms with van der Waals surface area (Å²) in [6.07, 6.45) is 7.47. The lowest BCUT2D eigenvalue weighted by Crippen LogP contribution is -2.41. The van der Waals surface area contributed by atoms with Gasteiger partial charge in [-0.1, -0.05) is 36.6 Å². The molecule has 1 aliphatic heterocycles. The van der Waals surface area contributed by atoms with Gasteiger partial charge in [0.25, 0.3) is 0 Å². The van der Waals surface area contributed by atoms with Crippen LogP contribution in [0.2, 0.25) is 5.02 Å². The van der Waals surface area contributed by atoms with Crippen LogP contribution in [-0.4, -0.2) is 19.3 Å². The topological polar surface area (TPSA) is 21.3 Å². The van der Waals surface area contributed by atoms with Crippen LogP contribution in [0, 0.1) is 12.8 Å². The minimum atomic E-state index is 0.171. The number of nitrogens with one attached hydrogen (secondary N) is 1. The lowest BCUT2D eigenvalue weighted by Gasteiger charge is -2.41. The number of benzene rings is 1. The lowest BCUT2D eigenvalue weighted by molar-refractivity contribution is -0.0979. The van der Waals surface area contributed by atoms with Crippen LogP contribution in [0.3, 0.4) is 0 Å². The van der Waals surface area contributed by atoms with Crippen molar-refractivity contribution in [2.75, 3.05) is 13.7 Å². The third-order valence-electron chi connectivity index (χ3n) is 5.47. The smallest absolute Gasteiger partial charge is 0.0686 e. The molecule has 0 bridgehead atoms. The summed E-state index contributed by atoms with van der Waals surface area (Å²) < 4.78 is 6.19. The second-order valence-electron chi connectivity index (χ2n) is 6.71. The summed E-state index contributed by atoms with van der Waals surface area (Å²) in [4.78, 5) is 0. The molecule has 1 saturated carbocycles. The van der Waals surface area contributed by atoms with Crippen LogP contribution in [0.25, 0.3) is 0 Å². The first-order valence-corrected chi connectivity index (χ1v) is 8.59. The molecule has 2 nitrogen and oxygen atoms in total.